The number of carbonyl (C=O) groups excluding carboxylic acids is 2. The van der Waals surface area contributed by atoms with Crippen molar-refractivity contribution in [3.05, 3.63) is 58.9 Å². The zero-order valence-corrected chi connectivity index (χ0v) is 13.8. The molecule has 2 aromatic carbocycles. The van der Waals surface area contributed by atoms with Gasteiger partial charge in [0.2, 0.25) is 0 Å². The molecule has 140 valence electrons. The number of hydrogen-bond acceptors (Lipinski definition) is 3. The van der Waals surface area contributed by atoms with Crippen LogP contribution in [0.15, 0.2) is 36.4 Å². The number of alkyl halides is 3. The van der Waals surface area contributed by atoms with E-state index >= 15 is 0 Å². The molecule has 0 saturated heterocycles. The summed E-state index contributed by atoms with van der Waals surface area (Å²) in [6, 6.07) is 5.76. The molecule has 2 aromatic rings. The van der Waals surface area contributed by atoms with Crippen molar-refractivity contribution in [3.8, 4) is 6.07 Å². The minimum Gasteiger partial charge on any atom is -0.355 e. The Hall–Kier alpha value is -3.61. The van der Waals surface area contributed by atoms with Crippen LogP contribution in [0.4, 0.5) is 33.7 Å². The number of amides is 3. The van der Waals surface area contributed by atoms with E-state index < -0.39 is 35.1 Å². The van der Waals surface area contributed by atoms with E-state index in [9.17, 15) is 27.2 Å². The zero-order chi connectivity index (χ0) is 20.4. The lowest BCUT2D eigenvalue weighted by Gasteiger charge is -2.22. The number of nitrogens with two attached hydrogens (primary N) is 1. The number of urea groups is 1. The van der Waals surface area contributed by atoms with E-state index in [-0.39, 0.29) is 16.9 Å². The Bertz CT molecular complexity index is 951. The summed E-state index contributed by atoms with van der Waals surface area (Å²) in [5, 5.41) is 11.1. The maximum atomic E-state index is 14.2. The van der Waals surface area contributed by atoms with Gasteiger partial charge in [0.05, 0.1) is 34.1 Å². The summed E-state index contributed by atoms with van der Waals surface area (Å²) in [6.45, 7) is 0. The lowest BCUT2D eigenvalue weighted by molar-refractivity contribution is -0.137. The molecule has 10 heteroatoms. The molecule has 2 rings (SSSR count). The average molecular weight is 380 g/mol. The van der Waals surface area contributed by atoms with Crippen LogP contribution in [0, 0.1) is 17.1 Å². The summed E-state index contributed by atoms with van der Waals surface area (Å²) in [6.07, 6.45) is -4.85. The van der Waals surface area contributed by atoms with Gasteiger partial charge in [0.15, 0.2) is 0 Å². The Kier molecular flexibility index (Phi) is 5.35. The molecule has 0 heterocycles. The van der Waals surface area contributed by atoms with Crippen LogP contribution in [0.25, 0.3) is 0 Å². The summed E-state index contributed by atoms with van der Waals surface area (Å²) in [5.41, 5.74) is 2.51. The highest BCUT2D eigenvalue weighted by molar-refractivity contribution is 6.00. The molecule has 3 amide bonds. The molecule has 3 N–H and O–H groups in total. The number of benzene rings is 2. The predicted octanol–water partition coefficient (Wildman–Crippen LogP) is 3.29. The standard InChI is InChI=1S/C17H12F4N4O2/c1-24-15(26)12-5-4-11(7-14(12)18)25(16(23)27)10-3-2-9(8-22)13(6-10)17(19,20)21/h2-7H,1H3,(H2,23,27)(H,24,26). The van der Waals surface area contributed by atoms with E-state index in [4.69, 9.17) is 11.0 Å². The van der Waals surface area contributed by atoms with Crippen molar-refractivity contribution in [2.75, 3.05) is 11.9 Å². The Morgan fingerprint density at radius 1 is 1.15 bits per heavy atom. The molecule has 0 aliphatic rings. The first-order chi connectivity index (χ1) is 12.6. The van der Waals surface area contributed by atoms with Gasteiger partial charge in [0.1, 0.15) is 5.82 Å². The van der Waals surface area contributed by atoms with Crippen LogP contribution in [-0.2, 0) is 6.18 Å². The van der Waals surface area contributed by atoms with Crippen LogP contribution in [0.2, 0.25) is 0 Å². The van der Waals surface area contributed by atoms with Crippen molar-refractivity contribution in [1.29, 1.82) is 5.26 Å². The van der Waals surface area contributed by atoms with Gasteiger partial charge in [-0.25, -0.2) is 9.18 Å². The highest BCUT2D eigenvalue weighted by Gasteiger charge is 2.34. The van der Waals surface area contributed by atoms with Gasteiger partial charge in [-0.3, -0.25) is 9.69 Å². The third kappa shape index (κ3) is 3.98. The fourth-order valence-electron chi connectivity index (χ4n) is 2.37. The van der Waals surface area contributed by atoms with Crippen LogP contribution >= 0.6 is 0 Å². The summed E-state index contributed by atoms with van der Waals surface area (Å²) < 4.78 is 53.6. The first-order valence-corrected chi connectivity index (χ1v) is 7.32. The van der Waals surface area contributed by atoms with E-state index in [1.807, 2.05) is 0 Å². The van der Waals surface area contributed by atoms with E-state index in [2.05, 4.69) is 5.32 Å². The van der Waals surface area contributed by atoms with Gasteiger partial charge in [-0.1, -0.05) is 0 Å². The first-order valence-electron chi connectivity index (χ1n) is 7.32. The van der Waals surface area contributed by atoms with E-state index in [0.29, 0.717) is 11.0 Å². The van der Waals surface area contributed by atoms with Gasteiger partial charge in [-0.15, -0.1) is 0 Å². The van der Waals surface area contributed by atoms with Crippen molar-refractivity contribution in [2.24, 2.45) is 5.73 Å². The van der Waals surface area contributed by atoms with Crippen LogP contribution in [0.3, 0.4) is 0 Å². The number of nitrogens with zero attached hydrogens (tertiary/aromatic N) is 2. The lowest BCUT2D eigenvalue weighted by Crippen LogP contribution is -2.32. The highest BCUT2D eigenvalue weighted by Crippen LogP contribution is 2.36. The third-order valence-electron chi connectivity index (χ3n) is 3.59. The van der Waals surface area contributed by atoms with Crippen molar-refractivity contribution in [1.82, 2.24) is 5.32 Å². The monoisotopic (exact) mass is 380 g/mol. The second kappa shape index (κ2) is 7.33. The van der Waals surface area contributed by atoms with Crippen molar-refractivity contribution < 1.29 is 27.2 Å². The molecule has 0 bridgehead atoms. The largest absolute Gasteiger partial charge is 0.417 e. The SMILES string of the molecule is CNC(=O)c1ccc(N(C(N)=O)c2ccc(C#N)c(C(F)(F)F)c2)cc1F. The van der Waals surface area contributed by atoms with Crippen molar-refractivity contribution >= 4 is 23.3 Å². The molecule has 0 saturated carbocycles. The number of primary amides is 1. The molecule has 0 atom stereocenters. The van der Waals surface area contributed by atoms with Crippen LogP contribution in [-0.4, -0.2) is 19.0 Å². The van der Waals surface area contributed by atoms with Crippen molar-refractivity contribution in [3.63, 3.8) is 0 Å². The highest BCUT2D eigenvalue weighted by atomic mass is 19.4. The minimum absolute atomic E-state index is 0.189. The van der Waals surface area contributed by atoms with E-state index in [1.54, 1.807) is 0 Å². The van der Waals surface area contributed by atoms with Gasteiger partial charge < -0.3 is 11.1 Å². The van der Waals surface area contributed by atoms with Crippen LogP contribution in [0.5, 0.6) is 0 Å². The molecule has 0 unspecified atom stereocenters. The summed E-state index contributed by atoms with van der Waals surface area (Å²) in [5.74, 6) is -1.72. The summed E-state index contributed by atoms with van der Waals surface area (Å²) >= 11 is 0. The number of halogens is 4. The predicted molar refractivity (Wildman–Crippen MR) is 87.7 cm³/mol. The smallest absolute Gasteiger partial charge is 0.355 e. The van der Waals surface area contributed by atoms with Gasteiger partial charge in [-0.05, 0) is 36.4 Å². The Morgan fingerprint density at radius 2 is 1.74 bits per heavy atom. The van der Waals surface area contributed by atoms with E-state index in [1.165, 1.54) is 13.1 Å². The lowest BCUT2D eigenvalue weighted by atomic mass is 10.1. The quantitative estimate of drug-likeness (QED) is 0.799. The molecule has 0 aromatic heterocycles. The molecule has 0 aliphatic carbocycles. The number of hydrogen-bond donors (Lipinski definition) is 2. The normalized spacial score (nSPS) is 10.8. The molecule has 0 radical (unpaired) electrons. The zero-order valence-electron chi connectivity index (χ0n) is 13.8. The minimum atomic E-state index is -4.85. The van der Waals surface area contributed by atoms with Gasteiger partial charge >= 0.3 is 12.2 Å². The molecule has 0 aliphatic heterocycles. The van der Waals surface area contributed by atoms with Gasteiger partial charge in [-0.2, -0.15) is 18.4 Å². The number of nitriles is 1. The number of carbonyl (C=O) groups is 2. The maximum Gasteiger partial charge on any atom is 0.417 e. The molecule has 0 spiro atoms. The molecule has 0 fully saturated rings. The molecule has 27 heavy (non-hydrogen) atoms. The fourth-order valence-corrected chi connectivity index (χ4v) is 2.37. The molecular weight excluding hydrogens is 368 g/mol. The number of anilines is 2. The van der Waals surface area contributed by atoms with E-state index in [0.717, 1.165) is 30.3 Å². The molecular formula is C17H12F4N4O2. The fraction of sp³-hybridized carbons (Fsp3) is 0.118. The average Bonchev–Trinajstić information content (AvgIpc) is 2.60. The Balaban J connectivity index is 2.60. The topological polar surface area (TPSA) is 99.2 Å². The Labute approximate surface area is 150 Å². The van der Waals surface area contributed by atoms with Gasteiger partial charge in [0, 0.05) is 7.05 Å². The second-order valence-electron chi connectivity index (χ2n) is 5.26. The number of rotatable bonds is 3. The van der Waals surface area contributed by atoms with Crippen LogP contribution in [0.1, 0.15) is 21.5 Å². The Morgan fingerprint density at radius 3 is 2.22 bits per heavy atom. The summed E-state index contributed by atoms with van der Waals surface area (Å²) in [7, 11) is 1.29. The molecule has 6 nitrogen and oxygen atoms in total. The van der Waals surface area contributed by atoms with Gasteiger partial charge in [0.25, 0.3) is 5.91 Å². The maximum absolute atomic E-state index is 14.2. The first kappa shape index (κ1) is 19.7. The van der Waals surface area contributed by atoms with Crippen molar-refractivity contribution in [2.45, 2.75) is 6.18 Å². The van der Waals surface area contributed by atoms with Crippen LogP contribution < -0.4 is 16.0 Å². The number of nitrogens with one attached hydrogen (secondary N) is 1. The summed E-state index contributed by atoms with van der Waals surface area (Å²) in [4.78, 5) is 24.0. The second-order valence-corrected chi connectivity index (χ2v) is 5.26. The third-order valence-corrected chi connectivity index (χ3v) is 3.59.